The van der Waals surface area contributed by atoms with Crippen LogP contribution in [-0.2, 0) is 0 Å². The first kappa shape index (κ1) is 16.8. The number of nitrogens with one attached hydrogen (secondary N) is 2. The zero-order valence-corrected chi connectivity index (χ0v) is 13.2. The Morgan fingerprint density at radius 2 is 1.36 bits per heavy atom. The van der Waals surface area contributed by atoms with Gasteiger partial charge in [0.05, 0.1) is 38.4 Å². The summed E-state index contributed by atoms with van der Waals surface area (Å²) in [6, 6.07) is 0. The van der Waals surface area contributed by atoms with Crippen molar-refractivity contribution in [3.63, 3.8) is 0 Å². The van der Waals surface area contributed by atoms with E-state index >= 15 is 0 Å². The normalized spacial score (nSPS) is 28.4. The summed E-state index contributed by atoms with van der Waals surface area (Å²) in [5.41, 5.74) is 0. The van der Waals surface area contributed by atoms with Crippen LogP contribution < -0.4 is 10.6 Å². The fraction of sp³-hybridized carbons (Fsp3) is 0.857. The molecule has 0 saturated heterocycles. The Labute approximate surface area is 130 Å². The molecule has 2 rings (SSSR count). The Morgan fingerprint density at radius 3 is 1.68 bits per heavy atom. The van der Waals surface area contributed by atoms with Gasteiger partial charge in [-0.1, -0.05) is 13.8 Å². The molecule has 4 unspecified atom stereocenters. The molecule has 0 aliphatic carbocycles. The van der Waals surface area contributed by atoms with Crippen LogP contribution in [0.5, 0.6) is 0 Å². The maximum absolute atomic E-state index is 9.38. The Bertz CT molecular complexity index is 411. The number of aliphatic hydroxyl groups excluding tert-OH is 2. The molecule has 0 bridgehead atoms. The molecule has 8 nitrogen and oxygen atoms in total. The van der Waals surface area contributed by atoms with Gasteiger partial charge in [-0.3, -0.25) is 9.98 Å². The monoisotopic (exact) mass is 310 g/mol. The van der Waals surface area contributed by atoms with Gasteiger partial charge in [-0.25, -0.2) is 0 Å². The highest BCUT2D eigenvalue weighted by Gasteiger charge is 2.18. The van der Waals surface area contributed by atoms with Gasteiger partial charge in [0, 0.05) is 24.9 Å². The molecule has 0 saturated carbocycles. The maximum atomic E-state index is 9.38. The van der Waals surface area contributed by atoms with Crippen molar-refractivity contribution in [3.8, 4) is 0 Å². The number of rotatable bonds is 6. The molecule has 0 amide bonds. The van der Waals surface area contributed by atoms with Gasteiger partial charge < -0.3 is 20.8 Å². The third-order valence-electron chi connectivity index (χ3n) is 3.73. The van der Waals surface area contributed by atoms with Crippen molar-refractivity contribution in [3.05, 3.63) is 0 Å². The summed E-state index contributed by atoms with van der Waals surface area (Å²) in [5.74, 6) is 2.13. The quantitative estimate of drug-likeness (QED) is 0.492. The molecule has 124 valence electrons. The highest BCUT2D eigenvalue weighted by atomic mass is 16.3. The molecule has 0 fully saturated rings. The predicted molar refractivity (Wildman–Crippen MR) is 85.5 cm³/mol. The minimum Gasteiger partial charge on any atom is -0.389 e. The smallest absolute Gasteiger partial charge is 0.101 e. The van der Waals surface area contributed by atoms with Crippen LogP contribution in [0.3, 0.4) is 0 Å². The lowest BCUT2D eigenvalue weighted by molar-refractivity contribution is 0.180. The second-order valence-electron chi connectivity index (χ2n) is 5.97. The second-order valence-corrected chi connectivity index (χ2v) is 5.97. The summed E-state index contributed by atoms with van der Waals surface area (Å²) in [5, 5.41) is 33.4. The van der Waals surface area contributed by atoms with E-state index in [2.05, 4.69) is 30.8 Å². The van der Waals surface area contributed by atoms with E-state index in [-0.39, 0.29) is 24.0 Å². The highest BCUT2D eigenvalue weighted by Crippen LogP contribution is 2.06. The zero-order valence-electron chi connectivity index (χ0n) is 13.2. The SMILES string of the molecule is CC(CN=NCC(C)C1=NCC(O)CN1)C1=NCC(O)CN1. The first-order chi connectivity index (χ1) is 10.6. The molecule has 4 atom stereocenters. The van der Waals surface area contributed by atoms with E-state index in [1.54, 1.807) is 0 Å². The summed E-state index contributed by atoms with van der Waals surface area (Å²) in [7, 11) is 0. The number of aliphatic hydroxyl groups is 2. The van der Waals surface area contributed by atoms with Crippen LogP contribution in [0.1, 0.15) is 13.8 Å². The van der Waals surface area contributed by atoms with Crippen LogP contribution in [0.25, 0.3) is 0 Å². The molecule has 2 aliphatic rings. The molecule has 0 aromatic carbocycles. The van der Waals surface area contributed by atoms with Gasteiger partial charge in [0.2, 0.25) is 0 Å². The molecular weight excluding hydrogens is 284 g/mol. The van der Waals surface area contributed by atoms with Crippen molar-refractivity contribution in [2.75, 3.05) is 39.3 Å². The Morgan fingerprint density at radius 1 is 0.955 bits per heavy atom. The first-order valence-corrected chi connectivity index (χ1v) is 7.82. The van der Waals surface area contributed by atoms with Crippen molar-refractivity contribution in [2.24, 2.45) is 32.0 Å². The Balaban J connectivity index is 1.71. The lowest BCUT2D eigenvalue weighted by atomic mass is 10.1. The molecule has 22 heavy (non-hydrogen) atoms. The fourth-order valence-corrected chi connectivity index (χ4v) is 2.29. The van der Waals surface area contributed by atoms with Crippen LogP contribution in [0.4, 0.5) is 0 Å². The van der Waals surface area contributed by atoms with E-state index in [9.17, 15) is 10.2 Å². The molecule has 0 spiro atoms. The van der Waals surface area contributed by atoms with Crippen LogP contribution in [0.15, 0.2) is 20.2 Å². The predicted octanol–water partition coefficient (Wildman–Crippen LogP) is -0.564. The molecule has 0 aromatic heterocycles. The van der Waals surface area contributed by atoms with Gasteiger partial charge in [0.1, 0.15) is 11.7 Å². The van der Waals surface area contributed by atoms with Crippen molar-refractivity contribution in [1.29, 1.82) is 0 Å². The van der Waals surface area contributed by atoms with Crippen LogP contribution in [0.2, 0.25) is 0 Å². The van der Waals surface area contributed by atoms with E-state index in [4.69, 9.17) is 0 Å². The van der Waals surface area contributed by atoms with Crippen molar-refractivity contribution >= 4 is 11.7 Å². The second kappa shape index (κ2) is 8.19. The number of aliphatic imine (C=N–C) groups is 2. The summed E-state index contributed by atoms with van der Waals surface area (Å²) < 4.78 is 0. The number of nitrogens with zero attached hydrogens (tertiary/aromatic N) is 4. The molecule has 8 heteroatoms. The topological polar surface area (TPSA) is 114 Å². The lowest BCUT2D eigenvalue weighted by Crippen LogP contribution is -2.42. The van der Waals surface area contributed by atoms with Crippen molar-refractivity contribution in [1.82, 2.24) is 10.6 Å². The van der Waals surface area contributed by atoms with Crippen molar-refractivity contribution < 1.29 is 10.2 Å². The van der Waals surface area contributed by atoms with Gasteiger partial charge in [-0.2, -0.15) is 10.2 Å². The highest BCUT2D eigenvalue weighted by molar-refractivity contribution is 5.85. The van der Waals surface area contributed by atoms with Crippen LogP contribution in [-0.4, -0.2) is 73.4 Å². The van der Waals surface area contributed by atoms with E-state index in [1.165, 1.54) is 0 Å². The Kier molecular flexibility index (Phi) is 6.26. The van der Waals surface area contributed by atoms with E-state index in [0.717, 1.165) is 11.7 Å². The molecular formula is C14H26N6O2. The Hall–Kier alpha value is -1.54. The molecule has 2 heterocycles. The third kappa shape index (κ3) is 5.03. The minimum atomic E-state index is -0.388. The number of β-amino-alcohol motifs (C(OH)–C–C–N with tert-alkyl or cyclic N) is 2. The standard InChI is InChI=1S/C14H26N6O2/c1-9(13-15-5-11(21)6-16-13)3-19-20-4-10(2)14-17-7-12(22)8-18-14/h9-12,21-22H,3-8H2,1-2H3,(H,15,16)(H,17,18). The summed E-state index contributed by atoms with van der Waals surface area (Å²) in [4.78, 5) is 8.61. The van der Waals surface area contributed by atoms with Gasteiger partial charge in [-0.05, 0) is 0 Å². The summed E-state index contributed by atoms with van der Waals surface area (Å²) in [6.45, 7) is 7.25. The summed E-state index contributed by atoms with van der Waals surface area (Å²) in [6.07, 6.45) is -0.776. The third-order valence-corrected chi connectivity index (χ3v) is 3.73. The minimum absolute atomic E-state index is 0.173. The average Bonchev–Trinajstić information content (AvgIpc) is 2.52. The van der Waals surface area contributed by atoms with E-state index < -0.39 is 0 Å². The molecule has 4 N–H and O–H groups in total. The number of amidine groups is 2. The zero-order chi connectivity index (χ0) is 15.9. The fourth-order valence-electron chi connectivity index (χ4n) is 2.29. The van der Waals surface area contributed by atoms with Gasteiger partial charge >= 0.3 is 0 Å². The lowest BCUT2D eigenvalue weighted by Gasteiger charge is -2.22. The molecule has 0 radical (unpaired) electrons. The summed E-state index contributed by atoms with van der Waals surface area (Å²) >= 11 is 0. The average molecular weight is 310 g/mol. The van der Waals surface area contributed by atoms with E-state index in [1.807, 2.05) is 13.8 Å². The van der Waals surface area contributed by atoms with Crippen molar-refractivity contribution in [2.45, 2.75) is 26.1 Å². The number of azo groups is 1. The van der Waals surface area contributed by atoms with Gasteiger partial charge in [0.25, 0.3) is 0 Å². The van der Waals surface area contributed by atoms with E-state index in [0.29, 0.717) is 39.3 Å². The molecule has 0 aromatic rings. The van der Waals surface area contributed by atoms with Crippen LogP contribution >= 0.6 is 0 Å². The largest absolute Gasteiger partial charge is 0.389 e. The van der Waals surface area contributed by atoms with Gasteiger partial charge in [-0.15, -0.1) is 0 Å². The first-order valence-electron chi connectivity index (χ1n) is 7.82. The number of hydrogen-bond acceptors (Lipinski definition) is 8. The van der Waals surface area contributed by atoms with Gasteiger partial charge in [0.15, 0.2) is 0 Å². The molecule has 2 aliphatic heterocycles. The maximum Gasteiger partial charge on any atom is 0.101 e. The number of hydrogen-bond donors (Lipinski definition) is 4. The van der Waals surface area contributed by atoms with Crippen LogP contribution in [0, 0.1) is 11.8 Å².